The molecule has 0 bridgehead atoms. The van der Waals surface area contributed by atoms with E-state index in [1.54, 1.807) is 15.3 Å². The Bertz CT molecular complexity index is 1170. The lowest BCUT2D eigenvalue weighted by atomic mass is 9.95. The summed E-state index contributed by atoms with van der Waals surface area (Å²) in [4.78, 5) is 11.2. The van der Waals surface area contributed by atoms with Crippen LogP contribution in [-0.2, 0) is 24.2 Å². The zero-order chi connectivity index (χ0) is 21.1. The molecule has 1 aromatic carbocycles. The third kappa shape index (κ3) is 4.44. The number of hydrogen-bond donors (Lipinski definition) is 4. The van der Waals surface area contributed by atoms with E-state index in [9.17, 15) is 9.90 Å². The maximum atomic E-state index is 11.2. The molecule has 0 amide bonds. The highest BCUT2D eigenvalue weighted by Crippen LogP contribution is 2.22. The topological polar surface area (TPSA) is 98.9 Å². The largest absolute Gasteiger partial charge is 0.477 e. The van der Waals surface area contributed by atoms with Crippen LogP contribution in [0.1, 0.15) is 17.7 Å². The number of carboxylic acid groups (broad SMARTS) is 1. The van der Waals surface area contributed by atoms with Crippen LogP contribution in [0.15, 0.2) is 36.5 Å². The number of hydrogen-bond acceptors (Lipinski definition) is 5. The number of fused-ring (bicyclic) bond motifs is 1. The van der Waals surface area contributed by atoms with E-state index in [2.05, 4.69) is 21.9 Å². The molecular weight excluding hydrogens is 422 g/mol. The first kappa shape index (κ1) is 20.3. The summed E-state index contributed by atoms with van der Waals surface area (Å²) in [5.41, 5.74) is 3.85. The maximum Gasteiger partial charge on any atom is 0.370 e. The zero-order valence-electron chi connectivity index (χ0n) is 16.1. The van der Waals surface area contributed by atoms with Crippen LogP contribution in [0.5, 0.6) is 5.75 Å². The molecule has 4 N–H and O–H groups in total. The fourth-order valence-electron chi connectivity index (χ4n) is 3.54. The van der Waals surface area contributed by atoms with Crippen molar-refractivity contribution in [1.82, 2.24) is 14.8 Å². The van der Waals surface area contributed by atoms with Gasteiger partial charge in [0.05, 0.1) is 5.69 Å². The number of ether oxygens (including phenoxy) is 1. The second-order valence-corrected chi connectivity index (χ2v) is 7.69. The van der Waals surface area contributed by atoms with Crippen molar-refractivity contribution in [3.8, 4) is 11.4 Å². The van der Waals surface area contributed by atoms with Gasteiger partial charge in [-0.3, -0.25) is 14.8 Å². The Morgan fingerprint density at radius 3 is 2.83 bits per heavy atom. The summed E-state index contributed by atoms with van der Waals surface area (Å²) >= 11 is 10.5. The highest BCUT2D eigenvalue weighted by Gasteiger charge is 2.23. The monoisotopic (exact) mass is 443 g/mol. The van der Waals surface area contributed by atoms with Crippen molar-refractivity contribution >= 4 is 36.1 Å². The van der Waals surface area contributed by atoms with Gasteiger partial charge in [0, 0.05) is 17.7 Å². The molecule has 1 aliphatic rings. The zero-order valence-corrected chi connectivity index (χ0v) is 17.7. The number of benzene rings is 1. The van der Waals surface area contributed by atoms with E-state index in [-0.39, 0.29) is 13.3 Å². The summed E-state index contributed by atoms with van der Waals surface area (Å²) < 4.78 is 10.3. The number of anilines is 1. The molecule has 3 aromatic rings. The SMILES string of the molecule is O=C(O)C[n+]1cc(OCNc2cccc(-n3c(=S)[nH][nH]c3=S)c2)cc2c1C[CH]CC2. The lowest BCUT2D eigenvalue weighted by Gasteiger charge is -2.16. The van der Waals surface area contributed by atoms with Gasteiger partial charge in [0.2, 0.25) is 12.7 Å². The molecule has 155 valence electrons. The van der Waals surface area contributed by atoms with Crippen LogP contribution in [0.4, 0.5) is 5.69 Å². The molecule has 30 heavy (non-hydrogen) atoms. The minimum atomic E-state index is -0.874. The molecule has 0 atom stereocenters. The minimum Gasteiger partial charge on any atom is -0.477 e. The summed E-state index contributed by atoms with van der Waals surface area (Å²) in [6.07, 6.45) is 6.58. The Balaban J connectivity index is 1.48. The van der Waals surface area contributed by atoms with Crippen LogP contribution in [0.3, 0.4) is 0 Å². The molecule has 10 heteroatoms. The Kier molecular flexibility index (Phi) is 5.96. The molecule has 0 unspecified atom stereocenters. The molecule has 0 spiro atoms. The first-order valence-corrected chi connectivity index (χ1v) is 10.3. The number of nitrogens with one attached hydrogen (secondary N) is 3. The molecule has 1 radical (unpaired) electrons. The number of aryl methyl sites for hydroxylation is 1. The first-order valence-electron chi connectivity index (χ1n) is 9.47. The van der Waals surface area contributed by atoms with Crippen molar-refractivity contribution in [3.63, 3.8) is 0 Å². The normalized spacial score (nSPS) is 12.9. The van der Waals surface area contributed by atoms with E-state index in [0.29, 0.717) is 15.3 Å². The van der Waals surface area contributed by atoms with Crippen LogP contribution in [0.25, 0.3) is 5.69 Å². The average molecular weight is 444 g/mol. The molecular formula is C20H21N5O3S2+. The van der Waals surface area contributed by atoms with Gasteiger partial charge >= 0.3 is 5.97 Å². The molecule has 0 aliphatic heterocycles. The Labute approximate surface area is 183 Å². The van der Waals surface area contributed by atoms with Crippen LogP contribution in [-0.4, -0.2) is 32.6 Å². The lowest BCUT2D eigenvalue weighted by molar-refractivity contribution is -0.693. The number of H-pyrrole nitrogens is 2. The lowest BCUT2D eigenvalue weighted by Crippen LogP contribution is -2.43. The fourth-order valence-corrected chi connectivity index (χ4v) is 4.09. The second-order valence-electron chi connectivity index (χ2n) is 6.91. The van der Waals surface area contributed by atoms with Crippen molar-refractivity contribution in [1.29, 1.82) is 0 Å². The molecule has 2 heterocycles. The Morgan fingerprint density at radius 2 is 2.07 bits per heavy atom. The third-order valence-corrected chi connectivity index (χ3v) is 5.45. The number of aromatic amines is 2. The Hall–Kier alpha value is -2.98. The number of pyridine rings is 1. The van der Waals surface area contributed by atoms with Crippen LogP contribution in [0.2, 0.25) is 0 Å². The highest BCUT2D eigenvalue weighted by molar-refractivity contribution is 7.72. The van der Waals surface area contributed by atoms with Gasteiger partial charge < -0.3 is 15.2 Å². The molecule has 2 aromatic heterocycles. The molecule has 1 aliphatic carbocycles. The van der Waals surface area contributed by atoms with E-state index in [1.807, 2.05) is 30.3 Å². The van der Waals surface area contributed by atoms with E-state index in [4.69, 9.17) is 29.2 Å². The molecule has 4 rings (SSSR count). The molecule has 0 fully saturated rings. The van der Waals surface area contributed by atoms with Crippen LogP contribution in [0, 0.1) is 16.0 Å². The van der Waals surface area contributed by atoms with E-state index >= 15 is 0 Å². The standard InChI is InChI=1S/C20H20N5O3S2/c26-18(27)11-24-10-16(8-13-4-1-2-7-17(13)24)28-12-21-14-5-3-6-15(9-14)25-19(29)22-23-20(25)30/h2-3,5-6,8-10,21H,1,4,7,11-12H2,(H2-,22,23,26,27,29,30)/p+1. The quantitative estimate of drug-likeness (QED) is 0.254. The Morgan fingerprint density at radius 1 is 1.27 bits per heavy atom. The van der Waals surface area contributed by atoms with E-state index in [0.717, 1.165) is 41.9 Å². The van der Waals surface area contributed by atoms with E-state index < -0.39 is 5.97 Å². The predicted octanol–water partition coefficient (Wildman–Crippen LogP) is 3.11. The van der Waals surface area contributed by atoms with Crippen molar-refractivity contribution in [2.24, 2.45) is 0 Å². The number of rotatable bonds is 7. The summed E-state index contributed by atoms with van der Waals surface area (Å²) in [6.45, 7) is 0.146. The number of carboxylic acids is 1. The minimum absolute atomic E-state index is 0.0828. The number of nitrogens with zero attached hydrogens (tertiary/aromatic N) is 2. The summed E-state index contributed by atoms with van der Waals surface area (Å²) in [7, 11) is 0. The van der Waals surface area contributed by atoms with Crippen molar-refractivity contribution in [2.45, 2.75) is 25.8 Å². The number of carbonyl (C=O) groups is 1. The van der Waals surface area contributed by atoms with Crippen molar-refractivity contribution in [2.75, 3.05) is 12.0 Å². The highest BCUT2D eigenvalue weighted by atomic mass is 32.1. The average Bonchev–Trinajstić information content (AvgIpc) is 3.06. The van der Waals surface area contributed by atoms with Gasteiger partial charge in [-0.25, -0.2) is 4.79 Å². The van der Waals surface area contributed by atoms with Gasteiger partial charge in [-0.2, -0.15) is 4.57 Å². The summed E-state index contributed by atoms with van der Waals surface area (Å²) in [6, 6.07) is 9.65. The number of aromatic nitrogens is 4. The second kappa shape index (κ2) is 8.80. The first-order chi connectivity index (χ1) is 14.5. The fraction of sp³-hybridized carbons (Fsp3) is 0.250. The molecule has 0 saturated heterocycles. The van der Waals surface area contributed by atoms with E-state index in [1.165, 1.54) is 0 Å². The van der Waals surface area contributed by atoms with Crippen molar-refractivity contribution in [3.05, 3.63) is 63.7 Å². The number of aliphatic carboxylic acids is 1. The van der Waals surface area contributed by atoms with Gasteiger partial charge in [-0.05, 0) is 68.0 Å². The van der Waals surface area contributed by atoms with Gasteiger partial charge in [-0.15, -0.1) is 0 Å². The van der Waals surface area contributed by atoms with Gasteiger partial charge in [0.15, 0.2) is 27.7 Å². The van der Waals surface area contributed by atoms with Gasteiger partial charge in [0.25, 0.3) is 0 Å². The summed E-state index contributed by atoms with van der Waals surface area (Å²) in [5, 5.41) is 18.1. The van der Waals surface area contributed by atoms with Crippen LogP contribution < -0.4 is 14.6 Å². The van der Waals surface area contributed by atoms with Crippen molar-refractivity contribution < 1.29 is 19.2 Å². The van der Waals surface area contributed by atoms with Gasteiger partial charge in [0.1, 0.15) is 0 Å². The third-order valence-electron chi connectivity index (χ3n) is 4.88. The summed E-state index contributed by atoms with van der Waals surface area (Å²) in [5.74, 6) is -0.238. The predicted molar refractivity (Wildman–Crippen MR) is 116 cm³/mol. The molecule has 8 nitrogen and oxygen atoms in total. The van der Waals surface area contributed by atoms with Gasteiger partial charge in [-0.1, -0.05) is 6.07 Å². The van der Waals surface area contributed by atoms with Crippen LogP contribution >= 0.6 is 24.4 Å². The smallest absolute Gasteiger partial charge is 0.370 e. The molecule has 0 saturated carbocycles. The maximum absolute atomic E-state index is 11.2.